The second-order valence-electron chi connectivity index (χ2n) is 4.18. The van der Waals surface area contributed by atoms with E-state index in [9.17, 15) is 0 Å². The fraction of sp³-hybridized carbons (Fsp3) is 0. The molecule has 1 N–H and O–H groups in total. The van der Waals surface area contributed by atoms with Gasteiger partial charge in [0, 0.05) is 34.9 Å². The summed E-state index contributed by atoms with van der Waals surface area (Å²) in [5, 5.41) is 9.13. The Labute approximate surface area is 111 Å². The molecule has 3 aromatic rings. The molecule has 0 amide bonds. The van der Waals surface area contributed by atoms with Crippen LogP contribution in [0.1, 0.15) is 5.56 Å². The van der Waals surface area contributed by atoms with Crippen molar-refractivity contribution in [3.05, 3.63) is 66.5 Å². The number of hydrogen-bond donors (Lipinski definition) is 1. The molecule has 0 aliphatic rings. The number of benzene rings is 1. The minimum absolute atomic E-state index is 0.672. The highest BCUT2D eigenvalue weighted by atomic mass is 14.7. The summed E-state index contributed by atoms with van der Waals surface area (Å²) >= 11 is 0. The number of aromatic nitrogens is 2. The van der Waals surface area contributed by atoms with Crippen molar-refractivity contribution in [2.45, 2.75) is 0 Å². The van der Waals surface area contributed by atoms with Crippen LogP contribution in [-0.2, 0) is 0 Å². The number of hydrogen-bond acceptors (Lipinski definition) is 2. The molecule has 2 aromatic heterocycles. The van der Waals surface area contributed by atoms with E-state index in [-0.39, 0.29) is 0 Å². The van der Waals surface area contributed by atoms with E-state index in [0.29, 0.717) is 5.56 Å². The quantitative estimate of drug-likeness (QED) is 0.749. The third kappa shape index (κ3) is 2.12. The Hall–Kier alpha value is -2.86. The van der Waals surface area contributed by atoms with Crippen LogP contribution in [0, 0.1) is 11.3 Å². The molecule has 2 heterocycles. The van der Waals surface area contributed by atoms with Crippen molar-refractivity contribution in [2.75, 3.05) is 0 Å². The summed E-state index contributed by atoms with van der Waals surface area (Å²) in [5.41, 5.74) is 4.64. The molecule has 0 unspecified atom stereocenters. The van der Waals surface area contributed by atoms with E-state index in [1.807, 2.05) is 48.5 Å². The lowest BCUT2D eigenvalue weighted by Gasteiger charge is -2.01. The van der Waals surface area contributed by atoms with Crippen molar-refractivity contribution in [1.29, 1.82) is 5.26 Å². The Balaban J connectivity index is 2.05. The van der Waals surface area contributed by atoms with Crippen LogP contribution < -0.4 is 0 Å². The first-order valence-corrected chi connectivity index (χ1v) is 5.97. The van der Waals surface area contributed by atoms with Gasteiger partial charge in [0.1, 0.15) is 0 Å². The number of pyridine rings is 1. The maximum Gasteiger partial charge on any atom is 0.0998 e. The zero-order valence-electron chi connectivity index (χ0n) is 10.2. The second-order valence-corrected chi connectivity index (χ2v) is 4.18. The van der Waals surface area contributed by atoms with Crippen LogP contribution in [0.4, 0.5) is 0 Å². The van der Waals surface area contributed by atoms with Crippen LogP contribution in [0.15, 0.2) is 60.9 Å². The zero-order valence-corrected chi connectivity index (χ0v) is 10.2. The third-order valence-electron chi connectivity index (χ3n) is 3.02. The van der Waals surface area contributed by atoms with Gasteiger partial charge in [0.25, 0.3) is 0 Å². The van der Waals surface area contributed by atoms with Crippen molar-refractivity contribution < 1.29 is 0 Å². The maximum atomic E-state index is 9.13. The van der Waals surface area contributed by atoms with Gasteiger partial charge in [-0.3, -0.25) is 4.98 Å². The highest BCUT2D eigenvalue weighted by Gasteiger charge is 2.07. The van der Waals surface area contributed by atoms with Gasteiger partial charge in [0.15, 0.2) is 0 Å². The molecule has 3 heteroatoms. The fourth-order valence-corrected chi connectivity index (χ4v) is 2.07. The van der Waals surface area contributed by atoms with E-state index in [1.54, 1.807) is 12.4 Å². The minimum atomic E-state index is 0.672. The van der Waals surface area contributed by atoms with Gasteiger partial charge in [-0.15, -0.1) is 0 Å². The standard InChI is InChI=1S/C16H11N3/c17-11-13-3-1-2-4-14(13)16-6-5-15(19-16)12-7-9-18-10-8-12/h1-10,19H. The molecule has 0 bridgehead atoms. The molecule has 0 saturated heterocycles. The lowest BCUT2D eigenvalue weighted by Crippen LogP contribution is -1.84. The summed E-state index contributed by atoms with van der Waals surface area (Å²) in [6, 6.07) is 17.7. The molecule has 3 rings (SSSR count). The largest absolute Gasteiger partial charge is 0.355 e. The topological polar surface area (TPSA) is 52.5 Å². The smallest absolute Gasteiger partial charge is 0.0998 e. The molecule has 0 aliphatic carbocycles. The molecular formula is C16H11N3. The van der Waals surface area contributed by atoms with Crippen molar-refractivity contribution >= 4 is 0 Å². The predicted octanol–water partition coefficient (Wildman–Crippen LogP) is 3.62. The lowest BCUT2D eigenvalue weighted by molar-refractivity contribution is 1.31. The first-order valence-electron chi connectivity index (χ1n) is 5.97. The fourth-order valence-electron chi connectivity index (χ4n) is 2.07. The number of rotatable bonds is 2. The maximum absolute atomic E-state index is 9.13. The van der Waals surface area contributed by atoms with Gasteiger partial charge in [0.2, 0.25) is 0 Å². The van der Waals surface area contributed by atoms with Gasteiger partial charge < -0.3 is 4.98 Å². The van der Waals surface area contributed by atoms with Crippen LogP contribution >= 0.6 is 0 Å². The highest BCUT2D eigenvalue weighted by Crippen LogP contribution is 2.26. The molecule has 0 fully saturated rings. The molecule has 1 aromatic carbocycles. The average Bonchev–Trinajstić information content (AvgIpc) is 2.98. The van der Waals surface area contributed by atoms with Crippen molar-refractivity contribution in [3.63, 3.8) is 0 Å². The number of H-pyrrole nitrogens is 1. The van der Waals surface area contributed by atoms with Crippen LogP contribution in [0.3, 0.4) is 0 Å². The van der Waals surface area contributed by atoms with E-state index >= 15 is 0 Å². The molecule has 0 aliphatic heterocycles. The van der Waals surface area contributed by atoms with Crippen LogP contribution in [0.2, 0.25) is 0 Å². The zero-order chi connectivity index (χ0) is 13.1. The Bertz CT molecular complexity index is 736. The number of nitriles is 1. The first-order chi connectivity index (χ1) is 9.38. The summed E-state index contributed by atoms with van der Waals surface area (Å²) in [5.74, 6) is 0. The summed E-state index contributed by atoms with van der Waals surface area (Å²) in [6.07, 6.45) is 3.53. The van der Waals surface area contributed by atoms with E-state index in [1.165, 1.54) is 0 Å². The lowest BCUT2D eigenvalue weighted by atomic mass is 10.1. The normalized spacial score (nSPS) is 10.1. The van der Waals surface area contributed by atoms with Crippen LogP contribution in [0.25, 0.3) is 22.5 Å². The molecule has 3 nitrogen and oxygen atoms in total. The number of nitrogens with one attached hydrogen (secondary N) is 1. The average molecular weight is 245 g/mol. The van der Waals surface area contributed by atoms with Crippen molar-refractivity contribution in [1.82, 2.24) is 9.97 Å². The number of nitrogens with zero attached hydrogens (tertiary/aromatic N) is 2. The van der Waals surface area contributed by atoms with E-state index in [0.717, 1.165) is 22.5 Å². The summed E-state index contributed by atoms with van der Waals surface area (Å²) < 4.78 is 0. The van der Waals surface area contributed by atoms with Crippen LogP contribution in [0.5, 0.6) is 0 Å². The molecule has 0 radical (unpaired) electrons. The Morgan fingerprint density at radius 1 is 0.895 bits per heavy atom. The Morgan fingerprint density at radius 3 is 2.42 bits per heavy atom. The van der Waals surface area contributed by atoms with E-state index in [2.05, 4.69) is 16.0 Å². The monoisotopic (exact) mass is 245 g/mol. The SMILES string of the molecule is N#Cc1ccccc1-c1ccc(-c2ccncc2)[nH]1. The second kappa shape index (κ2) is 4.79. The van der Waals surface area contributed by atoms with E-state index < -0.39 is 0 Å². The highest BCUT2D eigenvalue weighted by molar-refractivity contribution is 5.72. The van der Waals surface area contributed by atoms with Gasteiger partial charge in [-0.2, -0.15) is 5.26 Å². The molecule has 90 valence electrons. The van der Waals surface area contributed by atoms with Crippen molar-refractivity contribution in [2.24, 2.45) is 0 Å². The van der Waals surface area contributed by atoms with Crippen molar-refractivity contribution in [3.8, 4) is 28.6 Å². The number of aromatic amines is 1. The molecule has 0 spiro atoms. The third-order valence-corrected chi connectivity index (χ3v) is 3.02. The summed E-state index contributed by atoms with van der Waals surface area (Å²) in [4.78, 5) is 7.35. The van der Waals surface area contributed by atoms with Gasteiger partial charge >= 0.3 is 0 Å². The Kier molecular flexibility index (Phi) is 2.83. The minimum Gasteiger partial charge on any atom is -0.355 e. The predicted molar refractivity (Wildman–Crippen MR) is 74.2 cm³/mol. The summed E-state index contributed by atoms with van der Waals surface area (Å²) in [7, 11) is 0. The van der Waals surface area contributed by atoms with Gasteiger partial charge in [-0.05, 0) is 30.3 Å². The van der Waals surface area contributed by atoms with Crippen LogP contribution in [-0.4, -0.2) is 9.97 Å². The molecule has 19 heavy (non-hydrogen) atoms. The first kappa shape index (κ1) is 11.2. The summed E-state index contributed by atoms with van der Waals surface area (Å²) in [6.45, 7) is 0. The van der Waals surface area contributed by atoms with Gasteiger partial charge in [-0.25, -0.2) is 0 Å². The van der Waals surface area contributed by atoms with Gasteiger partial charge in [-0.1, -0.05) is 18.2 Å². The van der Waals surface area contributed by atoms with E-state index in [4.69, 9.17) is 5.26 Å². The molecule has 0 saturated carbocycles. The van der Waals surface area contributed by atoms with Gasteiger partial charge in [0.05, 0.1) is 11.6 Å². The molecular weight excluding hydrogens is 234 g/mol. The Morgan fingerprint density at radius 2 is 1.63 bits per heavy atom. The molecule has 0 atom stereocenters.